The van der Waals surface area contributed by atoms with Crippen LogP contribution in [0.1, 0.15) is 27.9 Å². The molecule has 136 valence electrons. The van der Waals surface area contributed by atoms with Gasteiger partial charge in [-0.25, -0.2) is 8.78 Å². The molecule has 0 aliphatic heterocycles. The van der Waals surface area contributed by atoms with Crippen LogP contribution in [0.4, 0.5) is 8.78 Å². The minimum absolute atomic E-state index is 0.0314. The molecule has 0 radical (unpaired) electrons. The second-order valence-electron chi connectivity index (χ2n) is 6.82. The number of alkyl halides is 1. The van der Waals surface area contributed by atoms with Gasteiger partial charge in [-0.3, -0.25) is 4.79 Å². The largest absolute Gasteiger partial charge is 0.366 e. The quantitative estimate of drug-likeness (QED) is 0.693. The van der Waals surface area contributed by atoms with E-state index in [1.807, 2.05) is 12.1 Å². The van der Waals surface area contributed by atoms with Gasteiger partial charge in [-0.05, 0) is 41.0 Å². The predicted molar refractivity (Wildman–Crippen MR) is 102 cm³/mol. The van der Waals surface area contributed by atoms with Crippen molar-refractivity contribution in [2.75, 3.05) is 0 Å². The molecule has 1 aliphatic rings. The molecule has 1 aliphatic carbocycles. The first-order valence-electron chi connectivity index (χ1n) is 8.68. The maximum atomic E-state index is 15.4. The van der Waals surface area contributed by atoms with Crippen molar-refractivity contribution in [3.63, 3.8) is 0 Å². The number of allylic oxidation sites excluding steroid dienone is 4. The molecule has 1 heterocycles. The van der Waals surface area contributed by atoms with Crippen LogP contribution in [-0.4, -0.2) is 16.6 Å². The van der Waals surface area contributed by atoms with Gasteiger partial charge in [0.2, 0.25) is 0 Å². The van der Waals surface area contributed by atoms with Gasteiger partial charge in [-0.1, -0.05) is 36.4 Å². The number of carbonyl (C=O) groups excluding carboxylic acids is 1. The zero-order valence-corrected chi connectivity index (χ0v) is 14.5. The lowest BCUT2D eigenvalue weighted by Gasteiger charge is -2.25. The monoisotopic (exact) mass is 364 g/mol. The highest BCUT2D eigenvalue weighted by molar-refractivity contribution is 6.06. The number of nitrogens with one attached hydrogen (secondary N) is 1. The van der Waals surface area contributed by atoms with Crippen molar-refractivity contribution in [3.8, 4) is 0 Å². The normalized spacial score (nSPS) is 19.3. The van der Waals surface area contributed by atoms with Gasteiger partial charge in [-0.2, -0.15) is 0 Å². The molecule has 1 aromatic heterocycles. The van der Waals surface area contributed by atoms with Crippen LogP contribution < -0.4 is 5.73 Å². The summed E-state index contributed by atoms with van der Waals surface area (Å²) in [5.74, 6) is -0.915. The number of benzene rings is 2. The maximum absolute atomic E-state index is 15.4. The minimum atomic E-state index is -1.64. The Morgan fingerprint density at radius 2 is 2.07 bits per heavy atom. The van der Waals surface area contributed by atoms with Crippen molar-refractivity contribution in [3.05, 3.63) is 89.4 Å². The number of hydrogen-bond acceptors (Lipinski definition) is 1. The molecule has 0 spiro atoms. The topological polar surface area (TPSA) is 58.9 Å². The Bertz CT molecular complexity index is 1100. The summed E-state index contributed by atoms with van der Waals surface area (Å²) in [7, 11) is 0. The second-order valence-corrected chi connectivity index (χ2v) is 6.82. The van der Waals surface area contributed by atoms with Gasteiger partial charge in [0.15, 0.2) is 0 Å². The SMILES string of the molecule is NC(=O)c1c(CC2(F)C=CC(c3cccc(F)c3)=CC2)ccc2cc[nH]c12. The van der Waals surface area contributed by atoms with E-state index >= 15 is 4.39 Å². The zero-order chi connectivity index (χ0) is 19.0. The van der Waals surface area contributed by atoms with E-state index in [9.17, 15) is 9.18 Å². The summed E-state index contributed by atoms with van der Waals surface area (Å²) >= 11 is 0. The summed E-state index contributed by atoms with van der Waals surface area (Å²) in [5.41, 5.74) is 6.91. The molecule has 2 aromatic carbocycles. The van der Waals surface area contributed by atoms with E-state index < -0.39 is 11.6 Å². The fourth-order valence-corrected chi connectivity index (χ4v) is 3.58. The molecule has 4 rings (SSSR count). The first kappa shape index (κ1) is 17.2. The molecule has 27 heavy (non-hydrogen) atoms. The van der Waals surface area contributed by atoms with Crippen molar-refractivity contribution < 1.29 is 13.6 Å². The average Bonchev–Trinajstić information content (AvgIpc) is 3.10. The smallest absolute Gasteiger partial charge is 0.251 e. The number of rotatable bonds is 4. The van der Waals surface area contributed by atoms with Crippen molar-refractivity contribution in [2.24, 2.45) is 5.73 Å². The minimum Gasteiger partial charge on any atom is -0.366 e. The number of carbonyl (C=O) groups is 1. The van der Waals surface area contributed by atoms with Crippen molar-refractivity contribution in [1.82, 2.24) is 4.98 Å². The molecule has 3 N–H and O–H groups in total. The summed E-state index contributed by atoms with van der Waals surface area (Å²) < 4.78 is 28.8. The second kappa shape index (κ2) is 6.50. The Labute approximate surface area is 155 Å². The van der Waals surface area contributed by atoms with Crippen LogP contribution in [0.15, 0.2) is 66.9 Å². The van der Waals surface area contributed by atoms with Gasteiger partial charge in [-0.15, -0.1) is 0 Å². The third kappa shape index (κ3) is 3.28. The van der Waals surface area contributed by atoms with Gasteiger partial charge in [0.05, 0.1) is 11.1 Å². The fourth-order valence-electron chi connectivity index (χ4n) is 3.58. The van der Waals surface area contributed by atoms with E-state index in [1.54, 1.807) is 36.5 Å². The lowest BCUT2D eigenvalue weighted by atomic mass is 9.84. The number of hydrogen-bond donors (Lipinski definition) is 2. The first-order chi connectivity index (χ1) is 13.0. The fraction of sp³-hybridized carbons (Fsp3) is 0.136. The van der Waals surface area contributed by atoms with Crippen LogP contribution in [-0.2, 0) is 6.42 Å². The zero-order valence-electron chi connectivity index (χ0n) is 14.5. The highest BCUT2D eigenvalue weighted by Gasteiger charge is 2.30. The lowest BCUT2D eigenvalue weighted by molar-refractivity contribution is 0.1000. The molecule has 1 unspecified atom stereocenters. The molecule has 1 amide bonds. The lowest BCUT2D eigenvalue weighted by Crippen LogP contribution is -2.26. The van der Waals surface area contributed by atoms with Crippen LogP contribution >= 0.6 is 0 Å². The molecule has 0 saturated carbocycles. The predicted octanol–water partition coefficient (Wildman–Crippen LogP) is 4.70. The summed E-state index contributed by atoms with van der Waals surface area (Å²) in [6, 6.07) is 11.6. The summed E-state index contributed by atoms with van der Waals surface area (Å²) in [6.45, 7) is 0. The van der Waals surface area contributed by atoms with Crippen LogP contribution in [0.3, 0.4) is 0 Å². The number of primary amides is 1. The number of nitrogens with two attached hydrogens (primary N) is 1. The Balaban J connectivity index is 1.63. The van der Waals surface area contributed by atoms with Gasteiger partial charge in [0.1, 0.15) is 11.5 Å². The Hall–Kier alpha value is -3.21. The summed E-state index contributed by atoms with van der Waals surface area (Å²) in [4.78, 5) is 15.0. The van der Waals surface area contributed by atoms with Gasteiger partial charge >= 0.3 is 0 Å². The van der Waals surface area contributed by atoms with Crippen molar-refractivity contribution in [1.29, 1.82) is 0 Å². The van der Waals surface area contributed by atoms with Crippen LogP contribution in [0.5, 0.6) is 0 Å². The van der Waals surface area contributed by atoms with E-state index in [2.05, 4.69) is 4.98 Å². The van der Waals surface area contributed by atoms with E-state index in [1.165, 1.54) is 18.2 Å². The number of aromatic amines is 1. The Morgan fingerprint density at radius 1 is 1.22 bits per heavy atom. The third-order valence-corrected chi connectivity index (χ3v) is 4.93. The standard InChI is InChI=1S/C22H18F2N2O/c23-18-3-1-2-16(12-18)14-6-9-22(24,10-7-14)13-17-5-4-15-8-11-26-20(15)19(17)21(25)27/h1-9,11-12,26H,10,13H2,(H2,25,27). The number of aromatic nitrogens is 1. The molecular formula is C22H18F2N2O. The molecule has 5 heteroatoms. The van der Waals surface area contributed by atoms with E-state index in [0.29, 0.717) is 22.2 Å². The van der Waals surface area contributed by atoms with E-state index in [-0.39, 0.29) is 18.7 Å². The molecule has 3 nitrogen and oxygen atoms in total. The maximum Gasteiger partial charge on any atom is 0.251 e. The number of H-pyrrole nitrogens is 1. The molecule has 0 bridgehead atoms. The Morgan fingerprint density at radius 3 is 2.78 bits per heavy atom. The van der Waals surface area contributed by atoms with Crippen LogP contribution in [0.25, 0.3) is 16.5 Å². The van der Waals surface area contributed by atoms with Crippen molar-refractivity contribution in [2.45, 2.75) is 18.5 Å². The first-order valence-corrected chi connectivity index (χ1v) is 8.68. The average molecular weight is 364 g/mol. The number of fused-ring (bicyclic) bond motifs is 1. The van der Waals surface area contributed by atoms with Crippen LogP contribution in [0.2, 0.25) is 0 Å². The van der Waals surface area contributed by atoms with E-state index in [0.717, 1.165) is 11.0 Å². The van der Waals surface area contributed by atoms with Gasteiger partial charge in [0.25, 0.3) is 5.91 Å². The van der Waals surface area contributed by atoms with E-state index in [4.69, 9.17) is 5.73 Å². The number of amides is 1. The highest BCUT2D eigenvalue weighted by Crippen LogP contribution is 2.34. The molecular weight excluding hydrogens is 346 g/mol. The Kier molecular flexibility index (Phi) is 4.15. The molecule has 0 fully saturated rings. The number of halogens is 2. The van der Waals surface area contributed by atoms with Gasteiger partial charge < -0.3 is 10.7 Å². The third-order valence-electron chi connectivity index (χ3n) is 4.93. The molecule has 1 atom stereocenters. The van der Waals surface area contributed by atoms with Gasteiger partial charge in [0, 0.05) is 24.4 Å². The molecule has 0 saturated heterocycles. The van der Waals surface area contributed by atoms with Crippen molar-refractivity contribution >= 4 is 22.4 Å². The summed E-state index contributed by atoms with van der Waals surface area (Å²) in [6.07, 6.45) is 6.79. The molecule has 3 aromatic rings. The summed E-state index contributed by atoms with van der Waals surface area (Å²) in [5, 5.41) is 0.855. The highest BCUT2D eigenvalue weighted by atomic mass is 19.1. The van der Waals surface area contributed by atoms with Crippen LogP contribution in [0, 0.1) is 5.82 Å².